The van der Waals surface area contributed by atoms with Crippen LogP contribution >= 0.6 is 0 Å². The van der Waals surface area contributed by atoms with Crippen molar-refractivity contribution in [1.29, 1.82) is 0 Å². The number of hydrogen-bond donors (Lipinski definition) is 0. The predicted molar refractivity (Wildman–Crippen MR) is 87.7 cm³/mol. The van der Waals surface area contributed by atoms with Crippen LogP contribution in [0.5, 0.6) is 0 Å². The molecule has 0 aromatic rings. The summed E-state index contributed by atoms with van der Waals surface area (Å²) in [5, 5.41) is 0. The Labute approximate surface area is 133 Å². The third kappa shape index (κ3) is 15.1. The molecule has 19 heavy (non-hydrogen) atoms. The van der Waals surface area contributed by atoms with Crippen LogP contribution in [-0.4, -0.2) is 0 Å². The van der Waals surface area contributed by atoms with Gasteiger partial charge in [0.15, 0.2) is 0 Å². The zero-order valence-electron chi connectivity index (χ0n) is 15.6. The average molecular weight is 435 g/mol. The maximum absolute atomic E-state index is 2.38. The number of rotatable bonds is 12. The molecule has 0 aliphatic heterocycles. The van der Waals surface area contributed by atoms with Crippen LogP contribution in [0, 0.1) is 17.8 Å². The second kappa shape index (κ2) is 12.6. The van der Waals surface area contributed by atoms with Gasteiger partial charge in [-0.05, 0) is 0 Å². The van der Waals surface area contributed by atoms with Gasteiger partial charge in [0.25, 0.3) is 0 Å². The quantitative estimate of drug-likeness (QED) is 0.283. The zero-order chi connectivity index (χ0) is 14.7. The molecule has 0 fully saturated rings. The molecule has 0 nitrogen and oxygen atoms in total. The Morgan fingerprint density at radius 3 is 1.05 bits per heavy atom. The van der Waals surface area contributed by atoms with Gasteiger partial charge in [0.1, 0.15) is 0 Å². The minimum atomic E-state index is -1.17. The standard InChI is InChI=1S/3C6H13.Hf.H/c3*1-4-5-6(2)3;;/h3*6H,1,4-5H2,2-3H3;;/q;;;+1;-1. The van der Waals surface area contributed by atoms with Gasteiger partial charge in [0.2, 0.25) is 0 Å². The smallest absolute Gasteiger partial charge is 1.00 e. The van der Waals surface area contributed by atoms with E-state index in [2.05, 4.69) is 41.5 Å². The van der Waals surface area contributed by atoms with E-state index in [4.69, 9.17) is 0 Å². The molecule has 0 radical (unpaired) electrons. The van der Waals surface area contributed by atoms with Crippen LogP contribution in [0.2, 0.25) is 12.5 Å². The minimum absolute atomic E-state index is 0. The molecule has 0 atom stereocenters. The topological polar surface area (TPSA) is 0 Å². The SMILES string of the molecule is CC(C)CC[CH2][Hf+]([CH2]CCC(C)C)[CH2]CCC(C)C.[H-]. The summed E-state index contributed by atoms with van der Waals surface area (Å²) in [4.78, 5) is 0. The summed E-state index contributed by atoms with van der Waals surface area (Å²) in [6, 6.07) is 0. The zero-order valence-corrected chi connectivity index (χ0v) is 18.2. The van der Waals surface area contributed by atoms with Crippen LogP contribution in [-0.2, 0) is 21.4 Å². The van der Waals surface area contributed by atoms with Gasteiger partial charge in [0.05, 0.1) is 0 Å². The van der Waals surface area contributed by atoms with Gasteiger partial charge in [-0.15, -0.1) is 0 Å². The molecular formula is C18H40Hf. The fourth-order valence-electron chi connectivity index (χ4n) is 2.66. The second-order valence-electron chi connectivity index (χ2n) is 7.61. The van der Waals surface area contributed by atoms with Gasteiger partial charge >= 0.3 is 132 Å². The van der Waals surface area contributed by atoms with Gasteiger partial charge in [-0.2, -0.15) is 0 Å². The first kappa shape index (κ1) is 19.9. The molecule has 0 amide bonds. The summed E-state index contributed by atoms with van der Waals surface area (Å²) in [5.74, 6) is 2.75. The molecule has 0 aliphatic carbocycles. The van der Waals surface area contributed by atoms with Crippen molar-refractivity contribution in [3.05, 3.63) is 0 Å². The van der Waals surface area contributed by atoms with Gasteiger partial charge in [-0.1, -0.05) is 0 Å². The van der Waals surface area contributed by atoms with Crippen LogP contribution in [0.1, 0.15) is 81.5 Å². The average Bonchev–Trinajstić information content (AvgIpc) is 2.26. The first-order valence-corrected chi connectivity index (χ1v) is 16.4. The molecule has 0 bridgehead atoms. The Kier molecular flexibility index (Phi) is 13.2. The van der Waals surface area contributed by atoms with Crippen molar-refractivity contribution in [3.8, 4) is 0 Å². The Bertz CT molecular complexity index is 157. The molecule has 0 unspecified atom stereocenters. The molecule has 0 spiro atoms. The van der Waals surface area contributed by atoms with Gasteiger partial charge < -0.3 is 1.43 Å². The van der Waals surface area contributed by atoms with E-state index in [-0.39, 0.29) is 1.43 Å². The summed E-state index contributed by atoms with van der Waals surface area (Å²) in [6.07, 6.45) is 9.06. The summed E-state index contributed by atoms with van der Waals surface area (Å²) < 4.78 is 5.08. The van der Waals surface area contributed by atoms with Crippen molar-refractivity contribution in [2.45, 2.75) is 92.6 Å². The molecule has 116 valence electrons. The van der Waals surface area contributed by atoms with Crippen LogP contribution in [0.3, 0.4) is 0 Å². The Balaban J connectivity index is 0. The maximum atomic E-state index is 2.38. The van der Waals surface area contributed by atoms with Gasteiger partial charge in [-0.3, -0.25) is 0 Å². The maximum Gasteiger partial charge on any atom is -1.00 e. The second-order valence-corrected chi connectivity index (χ2v) is 18.4. The summed E-state index contributed by atoms with van der Waals surface area (Å²) >= 11 is -1.17. The van der Waals surface area contributed by atoms with Crippen LogP contribution in [0.25, 0.3) is 0 Å². The molecular weight excluding hydrogens is 395 g/mol. The Hall–Kier alpha value is 0.870. The summed E-state index contributed by atoms with van der Waals surface area (Å²) in [6.45, 7) is 14.3. The van der Waals surface area contributed by atoms with Crippen molar-refractivity contribution < 1.29 is 22.9 Å². The van der Waals surface area contributed by atoms with Crippen LogP contribution in [0.4, 0.5) is 0 Å². The fourth-order valence-corrected chi connectivity index (χ4v) is 12.9. The van der Waals surface area contributed by atoms with E-state index in [1.54, 1.807) is 31.8 Å². The van der Waals surface area contributed by atoms with E-state index in [9.17, 15) is 0 Å². The van der Waals surface area contributed by atoms with Crippen molar-refractivity contribution in [2.24, 2.45) is 17.8 Å². The van der Waals surface area contributed by atoms with E-state index >= 15 is 0 Å². The molecule has 1 heteroatoms. The van der Waals surface area contributed by atoms with E-state index in [0.29, 0.717) is 0 Å². The normalized spacial score (nSPS) is 11.8. The minimum Gasteiger partial charge on any atom is -1.00 e. The van der Waals surface area contributed by atoms with Crippen molar-refractivity contribution in [2.75, 3.05) is 0 Å². The fraction of sp³-hybridized carbons (Fsp3) is 1.00. The molecule has 0 heterocycles. The van der Waals surface area contributed by atoms with Crippen molar-refractivity contribution in [1.82, 2.24) is 0 Å². The van der Waals surface area contributed by atoms with Gasteiger partial charge in [-0.25, -0.2) is 0 Å². The van der Waals surface area contributed by atoms with Crippen molar-refractivity contribution >= 4 is 0 Å². The van der Waals surface area contributed by atoms with Crippen LogP contribution in [0.15, 0.2) is 0 Å². The first-order valence-electron chi connectivity index (χ1n) is 8.75. The largest absolute Gasteiger partial charge is 1.00 e. The molecule has 0 saturated carbocycles. The first-order chi connectivity index (χ1) is 8.91. The van der Waals surface area contributed by atoms with Crippen LogP contribution < -0.4 is 0 Å². The van der Waals surface area contributed by atoms with Crippen molar-refractivity contribution in [3.63, 3.8) is 0 Å². The Morgan fingerprint density at radius 1 is 0.579 bits per heavy atom. The molecule has 0 aromatic heterocycles. The summed E-state index contributed by atoms with van der Waals surface area (Å²) in [5.41, 5.74) is 0. The number of hydrogen-bond acceptors (Lipinski definition) is 0. The third-order valence-electron chi connectivity index (χ3n) is 3.94. The van der Waals surface area contributed by atoms with E-state index in [1.807, 2.05) is 0 Å². The van der Waals surface area contributed by atoms with Gasteiger partial charge in [0, 0.05) is 0 Å². The third-order valence-corrected chi connectivity index (χ3v) is 15.4. The molecule has 0 saturated heterocycles. The Morgan fingerprint density at radius 2 is 0.842 bits per heavy atom. The molecule has 0 aromatic carbocycles. The summed E-state index contributed by atoms with van der Waals surface area (Å²) in [7, 11) is 0. The van der Waals surface area contributed by atoms with E-state index in [1.165, 1.54) is 19.3 Å². The predicted octanol–water partition coefficient (Wildman–Crippen LogP) is 7.28. The van der Waals surface area contributed by atoms with E-state index < -0.39 is 21.4 Å². The molecule has 0 rings (SSSR count). The van der Waals surface area contributed by atoms with E-state index in [0.717, 1.165) is 17.8 Å². The monoisotopic (exact) mass is 436 g/mol. The molecule has 0 N–H and O–H groups in total. The molecule has 0 aliphatic rings.